The fourth-order valence-corrected chi connectivity index (χ4v) is 2.09. The van der Waals surface area contributed by atoms with Gasteiger partial charge in [-0.3, -0.25) is 4.40 Å². The highest BCUT2D eigenvalue weighted by Gasteiger charge is 2.12. The number of benzene rings is 1. The minimum atomic E-state index is -0.436. The quantitative estimate of drug-likeness (QED) is 0.695. The van der Waals surface area contributed by atoms with E-state index in [1.54, 1.807) is 40.9 Å². The molecule has 0 spiro atoms. The Balaban J connectivity index is 1.83. The molecule has 3 rings (SSSR count). The number of pyridine rings is 1. The van der Waals surface area contributed by atoms with Gasteiger partial charge >= 0.3 is 5.97 Å². The highest BCUT2D eigenvalue weighted by Crippen LogP contribution is 2.15. The Hall–Kier alpha value is -2.89. The number of hydrogen-bond acceptors (Lipinski definition) is 4. The van der Waals surface area contributed by atoms with E-state index in [-0.39, 0.29) is 12.4 Å². The van der Waals surface area contributed by atoms with Crippen LogP contribution in [0.5, 0.6) is 5.75 Å². The van der Waals surface area contributed by atoms with E-state index in [4.69, 9.17) is 9.47 Å². The molecule has 0 N–H and O–H groups in total. The molecule has 1 aromatic carbocycles. The summed E-state index contributed by atoms with van der Waals surface area (Å²) < 4.78 is 24.8. The number of rotatable bonds is 4. The zero-order valence-corrected chi connectivity index (χ0v) is 11.8. The van der Waals surface area contributed by atoms with Gasteiger partial charge in [0.25, 0.3) is 0 Å². The van der Waals surface area contributed by atoms with Gasteiger partial charge in [0.1, 0.15) is 29.5 Å². The summed E-state index contributed by atoms with van der Waals surface area (Å²) in [6.07, 6.45) is 1.71. The molecule has 0 radical (unpaired) electrons. The van der Waals surface area contributed by atoms with Crippen LogP contribution in [-0.2, 0) is 11.3 Å². The number of nitrogens with zero attached hydrogens (tertiary/aromatic N) is 2. The van der Waals surface area contributed by atoms with Crippen molar-refractivity contribution in [3.05, 3.63) is 65.9 Å². The Kier molecular flexibility index (Phi) is 3.74. The molecule has 0 bridgehead atoms. The van der Waals surface area contributed by atoms with Crippen LogP contribution < -0.4 is 4.74 Å². The van der Waals surface area contributed by atoms with Crippen LogP contribution in [0.1, 0.15) is 16.2 Å². The smallest absolute Gasteiger partial charge is 0.355 e. The molecule has 0 amide bonds. The number of carbonyl (C=O) groups excluding carboxylic acids is 1. The predicted molar refractivity (Wildman–Crippen MR) is 77.3 cm³/mol. The molecule has 112 valence electrons. The number of esters is 1. The molecule has 5 nitrogen and oxygen atoms in total. The topological polar surface area (TPSA) is 52.8 Å². The lowest BCUT2D eigenvalue weighted by Crippen LogP contribution is -2.07. The third kappa shape index (κ3) is 2.76. The Morgan fingerprint density at radius 1 is 1.23 bits per heavy atom. The van der Waals surface area contributed by atoms with Gasteiger partial charge in [0.2, 0.25) is 0 Å². The van der Waals surface area contributed by atoms with Gasteiger partial charge in [0, 0.05) is 6.20 Å². The number of imidazole rings is 1. The van der Waals surface area contributed by atoms with E-state index in [9.17, 15) is 9.18 Å². The Morgan fingerprint density at radius 2 is 2.00 bits per heavy atom. The van der Waals surface area contributed by atoms with Gasteiger partial charge in [-0.15, -0.1) is 0 Å². The second-order valence-electron chi connectivity index (χ2n) is 4.61. The van der Waals surface area contributed by atoms with E-state index >= 15 is 0 Å². The molecule has 6 heteroatoms. The fourth-order valence-electron chi connectivity index (χ4n) is 2.09. The minimum Gasteiger partial charge on any atom is -0.487 e. The standard InChI is InChI=1S/C16H13FN2O3/c1-21-16(20)14-3-2-4-15-18-12(9-19(14)15)10-22-13-7-5-11(17)6-8-13/h2-9H,10H2,1H3. The molecule has 0 unspecified atom stereocenters. The van der Waals surface area contributed by atoms with Crippen LogP contribution in [0.15, 0.2) is 48.7 Å². The van der Waals surface area contributed by atoms with E-state index in [1.807, 2.05) is 0 Å². The summed E-state index contributed by atoms with van der Waals surface area (Å²) in [7, 11) is 1.33. The maximum absolute atomic E-state index is 12.8. The van der Waals surface area contributed by atoms with Gasteiger partial charge in [-0.05, 0) is 36.4 Å². The average Bonchev–Trinajstić information content (AvgIpc) is 2.96. The van der Waals surface area contributed by atoms with Crippen LogP contribution >= 0.6 is 0 Å². The average molecular weight is 300 g/mol. The molecule has 0 saturated heterocycles. The molecular weight excluding hydrogens is 287 g/mol. The molecule has 0 fully saturated rings. The fraction of sp³-hybridized carbons (Fsp3) is 0.125. The SMILES string of the molecule is COC(=O)c1cccc2nc(COc3ccc(F)cc3)cn12. The van der Waals surface area contributed by atoms with E-state index in [1.165, 1.54) is 19.2 Å². The van der Waals surface area contributed by atoms with E-state index in [2.05, 4.69) is 4.98 Å². The van der Waals surface area contributed by atoms with Crippen molar-refractivity contribution in [3.8, 4) is 5.75 Å². The van der Waals surface area contributed by atoms with Gasteiger partial charge in [-0.1, -0.05) is 6.07 Å². The third-order valence-electron chi connectivity index (χ3n) is 3.14. The van der Waals surface area contributed by atoms with E-state index < -0.39 is 5.97 Å². The number of hydrogen-bond donors (Lipinski definition) is 0. The molecule has 0 aliphatic rings. The normalized spacial score (nSPS) is 10.6. The zero-order valence-electron chi connectivity index (χ0n) is 11.8. The van der Waals surface area contributed by atoms with Gasteiger partial charge in [-0.2, -0.15) is 0 Å². The van der Waals surface area contributed by atoms with E-state index in [0.717, 1.165) is 0 Å². The molecule has 22 heavy (non-hydrogen) atoms. The second-order valence-corrected chi connectivity index (χ2v) is 4.61. The molecule has 3 aromatic rings. The molecule has 0 atom stereocenters. The van der Waals surface area contributed by atoms with Crippen molar-refractivity contribution in [2.75, 3.05) is 7.11 Å². The van der Waals surface area contributed by atoms with Crippen molar-refractivity contribution in [1.29, 1.82) is 0 Å². The second kappa shape index (κ2) is 5.85. The van der Waals surface area contributed by atoms with Crippen molar-refractivity contribution in [2.24, 2.45) is 0 Å². The molecule has 0 aliphatic heterocycles. The minimum absolute atomic E-state index is 0.216. The Labute approximate surface area is 125 Å². The first-order chi connectivity index (χ1) is 10.7. The van der Waals surface area contributed by atoms with Gasteiger partial charge in [0.05, 0.1) is 12.8 Å². The number of fused-ring (bicyclic) bond motifs is 1. The molecule has 0 aliphatic carbocycles. The highest BCUT2D eigenvalue weighted by molar-refractivity contribution is 5.88. The first-order valence-corrected chi connectivity index (χ1v) is 6.61. The van der Waals surface area contributed by atoms with Crippen LogP contribution in [0.25, 0.3) is 5.65 Å². The maximum Gasteiger partial charge on any atom is 0.355 e. The van der Waals surface area contributed by atoms with Crippen LogP contribution in [0, 0.1) is 5.82 Å². The molecular formula is C16H13FN2O3. The van der Waals surface area contributed by atoms with Crippen molar-refractivity contribution in [3.63, 3.8) is 0 Å². The zero-order chi connectivity index (χ0) is 15.5. The summed E-state index contributed by atoms with van der Waals surface area (Å²) >= 11 is 0. The van der Waals surface area contributed by atoms with Crippen LogP contribution in [0.2, 0.25) is 0 Å². The summed E-state index contributed by atoms with van der Waals surface area (Å²) in [6, 6.07) is 10.9. The van der Waals surface area contributed by atoms with Gasteiger partial charge in [0.15, 0.2) is 0 Å². The van der Waals surface area contributed by atoms with Crippen molar-refractivity contribution >= 4 is 11.6 Å². The summed E-state index contributed by atoms with van der Waals surface area (Å²) in [5.41, 5.74) is 1.67. The molecule has 2 aromatic heterocycles. The largest absolute Gasteiger partial charge is 0.487 e. The summed E-state index contributed by atoms with van der Waals surface area (Å²) in [6.45, 7) is 0.216. The molecule has 0 saturated carbocycles. The summed E-state index contributed by atoms with van der Waals surface area (Å²) in [5, 5.41) is 0. The van der Waals surface area contributed by atoms with Crippen molar-refractivity contribution in [1.82, 2.24) is 9.38 Å². The number of ether oxygens (including phenoxy) is 2. The maximum atomic E-state index is 12.8. The lowest BCUT2D eigenvalue weighted by atomic mass is 10.3. The molecule has 2 heterocycles. The first kappa shape index (κ1) is 14.1. The third-order valence-corrected chi connectivity index (χ3v) is 3.14. The van der Waals surface area contributed by atoms with E-state index in [0.29, 0.717) is 22.8 Å². The Morgan fingerprint density at radius 3 is 2.73 bits per heavy atom. The van der Waals surface area contributed by atoms with Gasteiger partial charge in [-0.25, -0.2) is 14.2 Å². The monoisotopic (exact) mass is 300 g/mol. The summed E-state index contributed by atoms with van der Waals surface area (Å²) in [5.74, 6) is -0.205. The summed E-state index contributed by atoms with van der Waals surface area (Å²) in [4.78, 5) is 16.1. The lowest BCUT2D eigenvalue weighted by molar-refractivity contribution is 0.0592. The Bertz CT molecular complexity index is 812. The first-order valence-electron chi connectivity index (χ1n) is 6.61. The van der Waals surface area contributed by atoms with Crippen molar-refractivity contribution in [2.45, 2.75) is 6.61 Å². The van der Waals surface area contributed by atoms with Crippen LogP contribution in [0.4, 0.5) is 4.39 Å². The lowest BCUT2D eigenvalue weighted by Gasteiger charge is -2.03. The number of methoxy groups -OCH3 is 1. The predicted octanol–water partition coefficient (Wildman–Crippen LogP) is 2.84. The number of carbonyl (C=O) groups is 1. The van der Waals surface area contributed by atoms with Crippen molar-refractivity contribution < 1.29 is 18.7 Å². The highest BCUT2D eigenvalue weighted by atomic mass is 19.1. The van der Waals surface area contributed by atoms with Crippen LogP contribution in [0.3, 0.4) is 0 Å². The number of aromatic nitrogens is 2. The number of halogens is 1. The van der Waals surface area contributed by atoms with Gasteiger partial charge < -0.3 is 9.47 Å². The van der Waals surface area contributed by atoms with Crippen LogP contribution in [-0.4, -0.2) is 22.5 Å².